The van der Waals surface area contributed by atoms with Gasteiger partial charge in [0.15, 0.2) is 5.82 Å². The Labute approximate surface area is 224 Å². The Bertz CT molecular complexity index is 1220. The summed E-state index contributed by atoms with van der Waals surface area (Å²) in [4.78, 5) is 7.01. The van der Waals surface area contributed by atoms with Crippen LogP contribution >= 0.6 is 23.2 Å². The Hall–Kier alpha value is -2.13. The maximum atomic E-state index is 13.0. The molecular formula is C27H29Cl2F3N4O. The lowest BCUT2D eigenvalue weighted by molar-refractivity contribution is -0.137. The first kappa shape index (κ1) is 26.5. The highest BCUT2D eigenvalue weighted by molar-refractivity contribution is 6.42. The number of hydrogen-bond donors (Lipinski definition) is 1. The Morgan fingerprint density at radius 1 is 1.05 bits per heavy atom. The topological polar surface area (TPSA) is 54.2 Å². The minimum atomic E-state index is -4.30. The van der Waals surface area contributed by atoms with E-state index in [9.17, 15) is 13.2 Å². The second-order valence-corrected chi connectivity index (χ2v) is 10.8. The van der Waals surface area contributed by atoms with Crippen LogP contribution in [0.5, 0.6) is 0 Å². The smallest absolute Gasteiger partial charge is 0.338 e. The molecule has 1 saturated carbocycles. The molecule has 2 fully saturated rings. The molecular weight excluding hydrogens is 524 g/mol. The summed E-state index contributed by atoms with van der Waals surface area (Å²) in [5, 5.41) is 8.70. The standard InChI is InChI=1S/C27H29Cl2F3N4O/c28-22-6-5-20(16-23(22)29)26(9-2-10-26)25-34-24(37-35-25)17-33-11-14-36-12-7-18(8-13-36)19-3-1-4-21(15-19)27(30,31)32/h1,3-6,15-16,18,33H,2,7-14,17H2. The number of benzene rings is 2. The lowest BCUT2D eigenvalue weighted by atomic mass is 9.64. The summed E-state index contributed by atoms with van der Waals surface area (Å²) in [6.07, 6.45) is 0.369. The second kappa shape index (κ2) is 10.9. The summed E-state index contributed by atoms with van der Waals surface area (Å²) in [5.74, 6) is 1.40. The van der Waals surface area contributed by atoms with Crippen LogP contribution in [0.1, 0.15) is 66.4 Å². The number of rotatable bonds is 8. The third-order valence-electron chi connectivity index (χ3n) is 7.73. The fourth-order valence-corrected chi connectivity index (χ4v) is 5.68. The zero-order valence-corrected chi connectivity index (χ0v) is 21.8. The number of alkyl halides is 3. The van der Waals surface area contributed by atoms with E-state index in [4.69, 9.17) is 27.7 Å². The minimum Gasteiger partial charge on any atom is -0.338 e. The molecule has 10 heteroatoms. The van der Waals surface area contributed by atoms with Crippen molar-refractivity contribution in [2.75, 3.05) is 26.2 Å². The summed E-state index contributed by atoms with van der Waals surface area (Å²) < 4.78 is 44.7. The molecule has 1 N–H and O–H groups in total. The van der Waals surface area contributed by atoms with E-state index in [0.717, 1.165) is 75.5 Å². The third kappa shape index (κ3) is 5.82. The molecule has 2 heterocycles. The van der Waals surface area contributed by atoms with Gasteiger partial charge in [-0.25, -0.2) is 0 Å². The molecule has 0 atom stereocenters. The van der Waals surface area contributed by atoms with Crippen LogP contribution in [-0.4, -0.2) is 41.2 Å². The van der Waals surface area contributed by atoms with Gasteiger partial charge in [0.05, 0.1) is 27.6 Å². The fourth-order valence-electron chi connectivity index (χ4n) is 5.38. The maximum Gasteiger partial charge on any atom is 0.416 e. The van der Waals surface area contributed by atoms with Crippen LogP contribution in [0.25, 0.3) is 0 Å². The van der Waals surface area contributed by atoms with Gasteiger partial charge in [-0.1, -0.05) is 59.0 Å². The van der Waals surface area contributed by atoms with Gasteiger partial charge in [0.1, 0.15) is 0 Å². The number of piperidine rings is 1. The van der Waals surface area contributed by atoms with Crippen molar-refractivity contribution in [2.24, 2.45) is 0 Å². The minimum absolute atomic E-state index is 0.165. The molecule has 5 rings (SSSR count). The molecule has 1 aliphatic heterocycles. The van der Waals surface area contributed by atoms with Gasteiger partial charge in [0.2, 0.25) is 5.89 Å². The molecule has 5 nitrogen and oxygen atoms in total. The second-order valence-electron chi connectivity index (χ2n) is 9.99. The van der Waals surface area contributed by atoms with Crippen LogP contribution in [-0.2, 0) is 18.1 Å². The first-order valence-electron chi connectivity index (χ1n) is 12.6. The van der Waals surface area contributed by atoms with Crippen molar-refractivity contribution in [3.8, 4) is 0 Å². The SMILES string of the molecule is FC(F)(F)c1cccc(C2CCN(CCNCc3nc(C4(c5ccc(Cl)c(Cl)c5)CCC4)no3)CC2)c1. The molecule has 1 saturated heterocycles. The van der Waals surface area contributed by atoms with E-state index in [1.807, 2.05) is 24.3 Å². The van der Waals surface area contributed by atoms with Crippen molar-refractivity contribution >= 4 is 23.2 Å². The van der Waals surface area contributed by atoms with E-state index in [1.165, 1.54) is 12.1 Å². The van der Waals surface area contributed by atoms with Crippen molar-refractivity contribution in [3.05, 3.63) is 80.9 Å². The highest BCUT2D eigenvalue weighted by Crippen LogP contribution is 2.48. The van der Waals surface area contributed by atoms with E-state index < -0.39 is 11.7 Å². The lowest BCUT2D eigenvalue weighted by Crippen LogP contribution is -2.38. The van der Waals surface area contributed by atoms with E-state index in [1.54, 1.807) is 0 Å². The molecule has 0 bridgehead atoms. The Morgan fingerprint density at radius 2 is 1.84 bits per heavy atom. The molecule has 0 radical (unpaired) electrons. The third-order valence-corrected chi connectivity index (χ3v) is 8.47. The first-order valence-corrected chi connectivity index (χ1v) is 13.4. The van der Waals surface area contributed by atoms with Gasteiger partial charge in [-0.05, 0) is 74.0 Å². The Kier molecular flexibility index (Phi) is 7.82. The average Bonchev–Trinajstić information content (AvgIpc) is 3.32. The fraction of sp³-hybridized carbons (Fsp3) is 0.481. The predicted octanol–water partition coefficient (Wildman–Crippen LogP) is 6.83. The molecule has 2 aromatic carbocycles. The number of likely N-dealkylation sites (tertiary alicyclic amines) is 1. The summed E-state index contributed by atoms with van der Waals surface area (Å²) in [6, 6.07) is 11.4. The normalized spacial score (nSPS) is 18.6. The number of nitrogens with one attached hydrogen (secondary N) is 1. The van der Waals surface area contributed by atoms with Gasteiger partial charge in [-0.3, -0.25) is 0 Å². The number of hydrogen-bond acceptors (Lipinski definition) is 5. The van der Waals surface area contributed by atoms with E-state index in [2.05, 4.69) is 20.4 Å². The lowest BCUT2D eigenvalue weighted by Gasteiger charge is -2.39. The van der Waals surface area contributed by atoms with Gasteiger partial charge in [-0.15, -0.1) is 0 Å². The maximum absolute atomic E-state index is 13.0. The van der Waals surface area contributed by atoms with Crippen LogP contribution in [0.2, 0.25) is 10.0 Å². The molecule has 37 heavy (non-hydrogen) atoms. The molecule has 0 spiro atoms. The van der Waals surface area contributed by atoms with E-state index >= 15 is 0 Å². The van der Waals surface area contributed by atoms with Gasteiger partial charge < -0.3 is 14.7 Å². The van der Waals surface area contributed by atoms with Crippen LogP contribution < -0.4 is 5.32 Å². The largest absolute Gasteiger partial charge is 0.416 e. The zero-order chi connectivity index (χ0) is 26.0. The molecule has 3 aromatic rings. The van der Waals surface area contributed by atoms with Crippen molar-refractivity contribution in [3.63, 3.8) is 0 Å². The molecule has 1 aromatic heterocycles. The highest BCUT2D eigenvalue weighted by atomic mass is 35.5. The number of halogens is 5. The molecule has 198 valence electrons. The highest BCUT2D eigenvalue weighted by Gasteiger charge is 2.44. The van der Waals surface area contributed by atoms with Gasteiger partial charge in [-0.2, -0.15) is 18.2 Å². The van der Waals surface area contributed by atoms with E-state index in [0.29, 0.717) is 28.3 Å². The van der Waals surface area contributed by atoms with Gasteiger partial charge >= 0.3 is 6.18 Å². The molecule has 1 aliphatic carbocycles. The quantitative estimate of drug-likeness (QED) is 0.310. The van der Waals surface area contributed by atoms with Crippen molar-refractivity contribution in [1.29, 1.82) is 0 Å². The summed E-state index contributed by atoms with van der Waals surface area (Å²) >= 11 is 12.3. The number of aromatic nitrogens is 2. The van der Waals surface area contributed by atoms with Crippen LogP contribution in [0, 0.1) is 0 Å². The average molecular weight is 553 g/mol. The van der Waals surface area contributed by atoms with Gasteiger partial charge in [0, 0.05) is 13.1 Å². The predicted molar refractivity (Wildman–Crippen MR) is 137 cm³/mol. The van der Waals surface area contributed by atoms with Gasteiger partial charge in [0.25, 0.3) is 0 Å². The van der Waals surface area contributed by atoms with Crippen molar-refractivity contribution in [2.45, 2.75) is 56.2 Å². The summed E-state index contributed by atoms with van der Waals surface area (Å²) in [7, 11) is 0. The zero-order valence-electron chi connectivity index (χ0n) is 20.3. The molecule has 2 aliphatic rings. The Balaban J connectivity index is 1.09. The van der Waals surface area contributed by atoms with E-state index in [-0.39, 0.29) is 11.3 Å². The van der Waals surface area contributed by atoms with Crippen molar-refractivity contribution < 1.29 is 17.7 Å². The first-order chi connectivity index (χ1) is 17.7. The molecule has 0 amide bonds. The number of nitrogens with zero attached hydrogens (tertiary/aromatic N) is 3. The van der Waals surface area contributed by atoms with Crippen LogP contribution in [0.3, 0.4) is 0 Å². The molecule has 0 unspecified atom stereocenters. The Morgan fingerprint density at radius 3 is 2.51 bits per heavy atom. The monoisotopic (exact) mass is 552 g/mol. The van der Waals surface area contributed by atoms with Crippen molar-refractivity contribution in [1.82, 2.24) is 20.4 Å². The summed E-state index contributed by atoms with van der Waals surface area (Å²) in [5.41, 5.74) is 0.993. The van der Waals surface area contributed by atoms with Crippen LogP contribution in [0.15, 0.2) is 47.0 Å². The van der Waals surface area contributed by atoms with Crippen LogP contribution in [0.4, 0.5) is 13.2 Å². The summed E-state index contributed by atoms with van der Waals surface area (Å²) in [6.45, 7) is 3.80.